The molecule has 3 N–H and O–H groups in total. The first-order valence-corrected chi connectivity index (χ1v) is 5.73. The first-order chi connectivity index (χ1) is 7.74. The number of nitrogens with one attached hydrogen (secondary N) is 1. The van der Waals surface area contributed by atoms with E-state index < -0.39 is 0 Å². The van der Waals surface area contributed by atoms with E-state index in [0.717, 1.165) is 25.7 Å². The molecule has 0 unspecified atom stereocenters. The molecule has 0 aliphatic heterocycles. The van der Waals surface area contributed by atoms with Gasteiger partial charge in [0, 0.05) is 18.9 Å². The molecule has 2 rings (SSSR count). The molecular formula is C11H18N4O. The average Bonchev–Trinajstić information content (AvgIpc) is 2.90. The number of nitrogens with two attached hydrogens (primary N) is 1. The SMILES string of the molecule is NCC1(NC(=O)Cn2cccn2)CCCC1. The van der Waals surface area contributed by atoms with Crippen LogP contribution in [-0.4, -0.2) is 27.8 Å². The highest BCUT2D eigenvalue weighted by molar-refractivity contribution is 5.76. The van der Waals surface area contributed by atoms with Crippen LogP contribution < -0.4 is 11.1 Å². The van der Waals surface area contributed by atoms with E-state index in [0.29, 0.717) is 6.54 Å². The molecular weight excluding hydrogens is 204 g/mol. The summed E-state index contributed by atoms with van der Waals surface area (Å²) >= 11 is 0. The second-order valence-corrected chi connectivity index (χ2v) is 4.44. The Kier molecular flexibility index (Phi) is 3.24. The minimum Gasteiger partial charge on any atom is -0.348 e. The van der Waals surface area contributed by atoms with Crippen molar-refractivity contribution in [3.8, 4) is 0 Å². The fourth-order valence-corrected chi connectivity index (χ4v) is 2.31. The highest BCUT2D eigenvalue weighted by Crippen LogP contribution is 2.28. The number of carbonyl (C=O) groups is 1. The van der Waals surface area contributed by atoms with Crippen LogP contribution in [0.2, 0.25) is 0 Å². The summed E-state index contributed by atoms with van der Waals surface area (Å²) in [5.74, 6) is -0.00366. The molecule has 16 heavy (non-hydrogen) atoms. The lowest BCUT2D eigenvalue weighted by Gasteiger charge is -2.28. The molecule has 0 atom stereocenters. The van der Waals surface area contributed by atoms with Crippen LogP contribution in [0.25, 0.3) is 0 Å². The van der Waals surface area contributed by atoms with Gasteiger partial charge in [-0.1, -0.05) is 12.8 Å². The Morgan fingerprint density at radius 1 is 1.50 bits per heavy atom. The molecule has 88 valence electrons. The van der Waals surface area contributed by atoms with Gasteiger partial charge in [0.1, 0.15) is 6.54 Å². The van der Waals surface area contributed by atoms with Crippen LogP contribution in [0.3, 0.4) is 0 Å². The number of nitrogens with zero attached hydrogens (tertiary/aromatic N) is 2. The molecule has 0 radical (unpaired) electrons. The quantitative estimate of drug-likeness (QED) is 0.768. The summed E-state index contributed by atoms with van der Waals surface area (Å²) in [4.78, 5) is 11.8. The second-order valence-electron chi connectivity index (χ2n) is 4.44. The fourth-order valence-electron chi connectivity index (χ4n) is 2.31. The number of aromatic nitrogens is 2. The summed E-state index contributed by atoms with van der Waals surface area (Å²) in [6, 6.07) is 1.81. The van der Waals surface area contributed by atoms with E-state index in [1.165, 1.54) is 0 Å². The molecule has 1 aromatic rings. The molecule has 5 heteroatoms. The third kappa shape index (κ3) is 2.41. The van der Waals surface area contributed by atoms with Crippen LogP contribution in [0.4, 0.5) is 0 Å². The second kappa shape index (κ2) is 4.65. The van der Waals surface area contributed by atoms with Gasteiger partial charge in [-0.2, -0.15) is 5.10 Å². The molecule has 1 saturated carbocycles. The van der Waals surface area contributed by atoms with E-state index in [1.807, 2.05) is 6.07 Å². The van der Waals surface area contributed by atoms with Gasteiger partial charge in [0.05, 0.1) is 5.54 Å². The number of hydrogen-bond acceptors (Lipinski definition) is 3. The monoisotopic (exact) mass is 222 g/mol. The van der Waals surface area contributed by atoms with Crippen molar-refractivity contribution in [2.24, 2.45) is 5.73 Å². The van der Waals surface area contributed by atoms with E-state index in [2.05, 4.69) is 10.4 Å². The lowest BCUT2D eigenvalue weighted by atomic mass is 9.98. The topological polar surface area (TPSA) is 72.9 Å². The zero-order chi connectivity index (χ0) is 11.4. The standard InChI is InChI=1S/C11H18N4O/c12-9-11(4-1-2-5-11)14-10(16)8-15-7-3-6-13-15/h3,6-7H,1-2,4-5,8-9,12H2,(H,14,16). The van der Waals surface area contributed by atoms with Crippen molar-refractivity contribution < 1.29 is 4.79 Å². The van der Waals surface area contributed by atoms with Crippen LogP contribution in [0.15, 0.2) is 18.5 Å². The molecule has 0 bridgehead atoms. The lowest BCUT2D eigenvalue weighted by Crippen LogP contribution is -2.52. The molecule has 1 heterocycles. The Morgan fingerprint density at radius 2 is 2.25 bits per heavy atom. The van der Waals surface area contributed by atoms with Gasteiger partial charge in [0.15, 0.2) is 0 Å². The summed E-state index contributed by atoms with van der Waals surface area (Å²) in [5.41, 5.74) is 5.59. The van der Waals surface area contributed by atoms with Crippen molar-refractivity contribution in [1.82, 2.24) is 15.1 Å². The highest BCUT2D eigenvalue weighted by atomic mass is 16.2. The van der Waals surface area contributed by atoms with E-state index in [-0.39, 0.29) is 18.0 Å². The largest absolute Gasteiger partial charge is 0.348 e. The molecule has 1 aromatic heterocycles. The number of amides is 1. The maximum atomic E-state index is 11.8. The summed E-state index contributed by atoms with van der Waals surface area (Å²) < 4.78 is 1.62. The maximum Gasteiger partial charge on any atom is 0.242 e. The van der Waals surface area contributed by atoms with Crippen LogP contribution in [0.5, 0.6) is 0 Å². The Balaban J connectivity index is 1.91. The fraction of sp³-hybridized carbons (Fsp3) is 0.636. The van der Waals surface area contributed by atoms with Crippen molar-refractivity contribution in [3.05, 3.63) is 18.5 Å². The molecule has 1 fully saturated rings. The van der Waals surface area contributed by atoms with Gasteiger partial charge in [-0.25, -0.2) is 0 Å². The summed E-state index contributed by atoms with van der Waals surface area (Å²) in [6.45, 7) is 0.798. The van der Waals surface area contributed by atoms with Crippen molar-refractivity contribution in [1.29, 1.82) is 0 Å². The predicted molar refractivity (Wildman–Crippen MR) is 60.6 cm³/mol. The van der Waals surface area contributed by atoms with E-state index in [4.69, 9.17) is 5.73 Å². The van der Waals surface area contributed by atoms with E-state index in [1.54, 1.807) is 17.1 Å². The maximum absolute atomic E-state index is 11.8. The number of hydrogen-bond donors (Lipinski definition) is 2. The third-order valence-electron chi connectivity index (χ3n) is 3.22. The van der Waals surface area contributed by atoms with Gasteiger partial charge in [-0.3, -0.25) is 9.48 Å². The first-order valence-electron chi connectivity index (χ1n) is 5.73. The van der Waals surface area contributed by atoms with Crippen molar-refractivity contribution in [2.75, 3.05) is 6.54 Å². The first kappa shape index (κ1) is 11.1. The molecule has 0 aromatic carbocycles. The van der Waals surface area contributed by atoms with Crippen LogP contribution in [0.1, 0.15) is 25.7 Å². The van der Waals surface area contributed by atoms with Crippen LogP contribution in [0, 0.1) is 0 Å². The number of carbonyl (C=O) groups excluding carboxylic acids is 1. The zero-order valence-electron chi connectivity index (χ0n) is 9.35. The Morgan fingerprint density at radius 3 is 2.81 bits per heavy atom. The van der Waals surface area contributed by atoms with Gasteiger partial charge >= 0.3 is 0 Å². The summed E-state index contributed by atoms with van der Waals surface area (Å²) in [7, 11) is 0. The van der Waals surface area contributed by atoms with Gasteiger partial charge in [0.2, 0.25) is 5.91 Å². The molecule has 5 nitrogen and oxygen atoms in total. The minimum atomic E-state index is -0.162. The molecule has 0 spiro atoms. The smallest absolute Gasteiger partial charge is 0.242 e. The van der Waals surface area contributed by atoms with Gasteiger partial charge in [-0.15, -0.1) is 0 Å². The van der Waals surface area contributed by atoms with Crippen molar-refractivity contribution in [2.45, 2.75) is 37.8 Å². The van der Waals surface area contributed by atoms with E-state index in [9.17, 15) is 4.79 Å². The normalized spacial score (nSPS) is 18.6. The molecule has 1 amide bonds. The molecule has 0 saturated heterocycles. The van der Waals surface area contributed by atoms with Crippen molar-refractivity contribution in [3.63, 3.8) is 0 Å². The Labute approximate surface area is 95.0 Å². The molecule has 1 aliphatic carbocycles. The minimum absolute atomic E-state index is 0.00366. The predicted octanol–water partition coefficient (Wildman–Crippen LogP) is 0.271. The Bertz CT molecular complexity index is 341. The van der Waals surface area contributed by atoms with E-state index >= 15 is 0 Å². The van der Waals surface area contributed by atoms with Crippen LogP contribution >= 0.6 is 0 Å². The summed E-state index contributed by atoms with van der Waals surface area (Å²) in [6.07, 6.45) is 7.74. The van der Waals surface area contributed by atoms with Crippen LogP contribution in [-0.2, 0) is 11.3 Å². The van der Waals surface area contributed by atoms with Gasteiger partial charge < -0.3 is 11.1 Å². The lowest BCUT2D eigenvalue weighted by molar-refractivity contribution is -0.123. The highest BCUT2D eigenvalue weighted by Gasteiger charge is 2.33. The summed E-state index contributed by atoms with van der Waals surface area (Å²) in [5, 5.41) is 7.06. The zero-order valence-corrected chi connectivity index (χ0v) is 9.35. The number of rotatable bonds is 4. The molecule has 1 aliphatic rings. The van der Waals surface area contributed by atoms with Gasteiger partial charge in [-0.05, 0) is 18.9 Å². The van der Waals surface area contributed by atoms with Crippen molar-refractivity contribution >= 4 is 5.91 Å². The average molecular weight is 222 g/mol. The Hall–Kier alpha value is -1.36. The van der Waals surface area contributed by atoms with Gasteiger partial charge in [0.25, 0.3) is 0 Å². The third-order valence-corrected chi connectivity index (χ3v) is 3.22.